The van der Waals surface area contributed by atoms with Gasteiger partial charge in [0.25, 0.3) is 0 Å². The van der Waals surface area contributed by atoms with Gasteiger partial charge in [-0.05, 0) is 43.7 Å². The lowest BCUT2D eigenvalue weighted by Gasteiger charge is -2.40. The van der Waals surface area contributed by atoms with Crippen molar-refractivity contribution in [3.8, 4) is 12.1 Å². The first-order valence-electron chi connectivity index (χ1n) is 11.9. The van der Waals surface area contributed by atoms with Gasteiger partial charge < -0.3 is 20.4 Å². The van der Waals surface area contributed by atoms with Crippen molar-refractivity contribution in [2.45, 2.75) is 26.2 Å². The molecule has 0 aliphatic carbocycles. The maximum Gasteiger partial charge on any atom is 0.247 e. The van der Waals surface area contributed by atoms with Crippen LogP contribution in [0.15, 0.2) is 30.6 Å². The molecule has 1 aromatic carbocycles. The normalized spacial score (nSPS) is 16.9. The van der Waals surface area contributed by atoms with Crippen molar-refractivity contribution >= 4 is 40.4 Å². The Morgan fingerprint density at radius 2 is 2.00 bits per heavy atom. The number of rotatable bonds is 5. The number of allylic oxidation sites excluding steroid dienone is 1. The summed E-state index contributed by atoms with van der Waals surface area (Å²) in [5.74, 6) is 0.731. The number of nitrogens with one attached hydrogen (secondary N) is 2. The van der Waals surface area contributed by atoms with Gasteiger partial charge in [0.1, 0.15) is 6.07 Å². The highest BCUT2D eigenvalue weighted by Gasteiger charge is 2.41. The number of aromatic nitrogens is 4. The summed E-state index contributed by atoms with van der Waals surface area (Å²) in [6, 6.07) is 7.85. The molecule has 2 aliphatic rings. The number of halogens is 1. The first kappa shape index (κ1) is 23.7. The van der Waals surface area contributed by atoms with E-state index in [1.807, 2.05) is 13.0 Å². The van der Waals surface area contributed by atoms with E-state index in [4.69, 9.17) is 11.6 Å². The predicted molar refractivity (Wildman–Crippen MR) is 139 cm³/mol. The monoisotopic (exact) mass is 502 g/mol. The molecule has 2 N–H and O–H groups in total. The Morgan fingerprint density at radius 1 is 1.22 bits per heavy atom. The van der Waals surface area contributed by atoms with E-state index in [1.54, 1.807) is 6.07 Å². The molecular formula is C25H27ClN10. The molecule has 184 valence electrons. The Balaban J connectivity index is 1.46. The summed E-state index contributed by atoms with van der Waals surface area (Å²) < 4.78 is 1.44. The van der Waals surface area contributed by atoms with Gasteiger partial charge in [0.15, 0.2) is 17.2 Å². The van der Waals surface area contributed by atoms with E-state index in [2.05, 4.69) is 61.3 Å². The molecule has 10 nitrogen and oxygen atoms in total. The fourth-order valence-corrected chi connectivity index (χ4v) is 5.48. The molecule has 0 radical (unpaired) electrons. The van der Waals surface area contributed by atoms with E-state index in [0.717, 1.165) is 44.6 Å². The lowest BCUT2D eigenvalue weighted by molar-refractivity contribution is 0.222. The Kier molecular flexibility index (Phi) is 6.07. The molecule has 0 saturated carbocycles. The third-order valence-electron chi connectivity index (χ3n) is 7.11. The second-order valence-corrected chi connectivity index (χ2v) is 9.86. The van der Waals surface area contributed by atoms with Crippen LogP contribution in [0.1, 0.15) is 37.4 Å². The van der Waals surface area contributed by atoms with Gasteiger partial charge in [-0.25, -0.2) is 4.98 Å². The lowest BCUT2D eigenvalue weighted by Crippen LogP contribution is -2.41. The van der Waals surface area contributed by atoms with Crippen LogP contribution in [0.25, 0.3) is 5.65 Å². The molecule has 0 bridgehead atoms. The van der Waals surface area contributed by atoms with E-state index in [9.17, 15) is 10.5 Å². The molecule has 36 heavy (non-hydrogen) atoms. The number of benzene rings is 1. The Bertz CT molecular complexity index is 1420. The molecule has 1 spiro atoms. The van der Waals surface area contributed by atoms with Gasteiger partial charge in [-0.2, -0.15) is 20.0 Å². The van der Waals surface area contributed by atoms with Crippen molar-refractivity contribution in [2.24, 2.45) is 5.41 Å². The number of anilines is 4. The minimum absolute atomic E-state index is 0.237. The van der Waals surface area contributed by atoms with Crippen LogP contribution >= 0.6 is 11.6 Å². The number of hydrogen-bond donors (Lipinski definition) is 2. The standard InChI is InChI=1S/C25H27ClN10/c1-4-29-22-23-30-14-18(13-28)36(23)33-24(32-22)31-19-9-17(12-27)10-20(21(19)26)35-7-5-25(6-8-35)11-16(2)34(3)15-25/h9-10,14H,2,4-8,11,15H2,1,3H3,(H2,29,31,32,33). The molecule has 2 fully saturated rings. The van der Waals surface area contributed by atoms with E-state index >= 15 is 0 Å². The van der Waals surface area contributed by atoms with Crippen molar-refractivity contribution in [1.29, 1.82) is 10.5 Å². The molecule has 3 aromatic rings. The Morgan fingerprint density at radius 3 is 2.64 bits per heavy atom. The minimum Gasteiger partial charge on any atom is -0.378 e. The average molecular weight is 503 g/mol. The molecule has 4 heterocycles. The van der Waals surface area contributed by atoms with Gasteiger partial charge in [-0.1, -0.05) is 18.2 Å². The predicted octanol–water partition coefficient (Wildman–Crippen LogP) is 4.13. The average Bonchev–Trinajstić information content (AvgIpc) is 3.41. The van der Waals surface area contributed by atoms with Gasteiger partial charge >= 0.3 is 0 Å². The summed E-state index contributed by atoms with van der Waals surface area (Å²) >= 11 is 6.90. The van der Waals surface area contributed by atoms with Crippen molar-refractivity contribution < 1.29 is 0 Å². The molecule has 2 aliphatic heterocycles. The lowest BCUT2D eigenvalue weighted by atomic mass is 9.77. The molecule has 11 heteroatoms. The molecule has 2 saturated heterocycles. The zero-order valence-electron chi connectivity index (χ0n) is 20.3. The molecule has 0 amide bonds. The number of hydrogen-bond acceptors (Lipinski definition) is 9. The number of likely N-dealkylation sites (tertiary alicyclic amines) is 1. The van der Waals surface area contributed by atoms with E-state index in [0.29, 0.717) is 34.3 Å². The third-order valence-corrected chi connectivity index (χ3v) is 7.50. The number of imidazole rings is 1. The number of nitrogens with zero attached hydrogens (tertiary/aromatic N) is 8. The minimum atomic E-state index is 0.237. The Labute approximate surface area is 214 Å². The topological polar surface area (TPSA) is 121 Å². The van der Waals surface area contributed by atoms with Crippen molar-refractivity contribution in [2.75, 3.05) is 48.8 Å². The summed E-state index contributed by atoms with van der Waals surface area (Å²) in [6.45, 7) is 9.50. The van der Waals surface area contributed by atoms with Gasteiger partial charge in [0, 0.05) is 38.9 Å². The summed E-state index contributed by atoms with van der Waals surface area (Å²) in [7, 11) is 2.11. The van der Waals surface area contributed by atoms with Crippen LogP contribution in [0.5, 0.6) is 0 Å². The van der Waals surface area contributed by atoms with Crippen molar-refractivity contribution in [3.05, 3.63) is 46.9 Å². The second kappa shape index (κ2) is 9.21. The fourth-order valence-electron chi connectivity index (χ4n) is 5.21. The number of piperidine rings is 1. The molecule has 0 unspecified atom stereocenters. The Hall–Kier alpha value is -4.02. The van der Waals surface area contributed by atoms with Crippen LogP contribution in [-0.2, 0) is 0 Å². The van der Waals surface area contributed by atoms with Gasteiger partial charge in [-0.3, -0.25) is 0 Å². The van der Waals surface area contributed by atoms with Crippen LogP contribution in [0.4, 0.5) is 23.1 Å². The van der Waals surface area contributed by atoms with E-state index in [1.165, 1.54) is 16.4 Å². The second-order valence-electron chi connectivity index (χ2n) is 9.48. The molecule has 5 rings (SSSR count). The van der Waals surface area contributed by atoms with Crippen LogP contribution < -0.4 is 15.5 Å². The van der Waals surface area contributed by atoms with E-state index < -0.39 is 0 Å². The first-order chi connectivity index (χ1) is 17.4. The first-order valence-corrected chi connectivity index (χ1v) is 12.3. The summed E-state index contributed by atoms with van der Waals surface area (Å²) in [4.78, 5) is 13.3. The maximum absolute atomic E-state index is 9.72. The zero-order chi connectivity index (χ0) is 25.4. The van der Waals surface area contributed by atoms with Crippen LogP contribution in [0.2, 0.25) is 5.02 Å². The van der Waals surface area contributed by atoms with Crippen LogP contribution in [0.3, 0.4) is 0 Å². The number of nitriles is 2. The highest BCUT2D eigenvalue weighted by molar-refractivity contribution is 6.36. The molecule has 2 aromatic heterocycles. The van der Waals surface area contributed by atoms with E-state index in [-0.39, 0.29) is 17.1 Å². The van der Waals surface area contributed by atoms with Gasteiger partial charge in [0.2, 0.25) is 5.95 Å². The van der Waals surface area contributed by atoms with Crippen LogP contribution in [0, 0.1) is 28.1 Å². The molecular weight excluding hydrogens is 476 g/mol. The quantitative estimate of drug-likeness (QED) is 0.530. The number of fused-ring (bicyclic) bond motifs is 1. The van der Waals surface area contributed by atoms with Crippen molar-refractivity contribution in [1.82, 2.24) is 24.5 Å². The smallest absolute Gasteiger partial charge is 0.247 e. The van der Waals surface area contributed by atoms with Crippen molar-refractivity contribution in [3.63, 3.8) is 0 Å². The highest BCUT2D eigenvalue weighted by Crippen LogP contribution is 2.46. The van der Waals surface area contributed by atoms with Gasteiger partial charge in [-0.15, -0.1) is 5.10 Å². The third kappa shape index (κ3) is 4.14. The van der Waals surface area contributed by atoms with Crippen LogP contribution in [-0.4, -0.2) is 57.7 Å². The SMILES string of the molecule is C=C1CC2(CCN(c3cc(C#N)cc(Nc4nc(NCC)c5ncc(C#N)n5n4)c3Cl)CC2)CN1C. The largest absolute Gasteiger partial charge is 0.378 e. The molecule has 0 atom stereocenters. The maximum atomic E-state index is 9.72. The summed E-state index contributed by atoms with van der Waals surface area (Å²) in [5.41, 5.74) is 4.03. The zero-order valence-corrected chi connectivity index (χ0v) is 21.1. The van der Waals surface area contributed by atoms with Gasteiger partial charge in [0.05, 0.1) is 34.2 Å². The summed E-state index contributed by atoms with van der Waals surface area (Å²) in [6.07, 6.45) is 4.56. The highest BCUT2D eigenvalue weighted by atomic mass is 35.5. The fraction of sp³-hybridized carbons (Fsp3) is 0.400. The summed E-state index contributed by atoms with van der Waals surface area (Å²) in [5, 5.41) is 30.4.